The third-order valence-corrected chi connectivity index (χ3v) is 2.10. The molecule has 0 fully saturated rings. The van der Waals surface area contributed by atoms with Gasteiger partial charge in [-0.05, 0) is 25.1 Å². The van der Waals surface area contributed by atoms with Crippen molar-refractivity contribution in [2.24, 2.45) is 0 Å². The molecule has 0 bridgehead atoms. The fraction of sp³-hybridized carbons (Fsp3) is 0.300. The first-order valence-electron chi connectivity index (χ1n) is 4.56. The molecule has 3 N–H and O–H groups in total. The van der Waals surface area contributed by atoms with Gasteiger partial charge < -0.3 is 10.8 Å². The second-order valence-electron chi connectivity index (χ2n) is 3.49. The number of nitrogens with two attached hydrogens (primary N) is 1. The van der Waals surface area contributed by atoms with Crippen LogP contribution in [0.3, 0.4) is 0 Å². The van der Waals surface area contributed by atoms with Gasteiger partial charge in [0.1, 0.15) is 0 Å². The van der Waals surface area contributed by atoms with Crippen LogP contribution in [0.2, 0.25) is 0 Å². The molecule has 1 aromatic carbocycles. The number of rotatable bonds is 2. The molecular formula is C10H13N3O. The Balaban J connectivity index is 2.47. The summed E-state index contributed by atoms with van der Waals surface area (Å²) >= 11 is 0. The van der Waals surface area contributed by atoms with Gasteiger partial charge in [0.15, 0.2) is 0 Å². The molecule has 1 unspecified atom stereocenters. The lowest BCUT2D eigenvalue weighted by Gasteiger charge is -2.05. The summed E-state index contributed by atoms with van der Waals surface area (Å²) in [5.74, 6) is 0. The molecular weight excluding hydrogens is 178 g/mol. The lowest BCUT2D eigenvalue weighted by molar-refractivity contribution is 0.170. The summed E-state index contributed by atoms with van der Waals surface area (Å²) in [6, 6.07) is 5.63. The van der Waals surface area contributed by atoms with E-state index in [-0.39, 0.29) is 0 Å². The molecule has 2 aromatic rings. The maximum Gasteiger partial charge on any atom is 0.0708 e. The fourth-order valence-electron chi connectivity index (χ4n) is 1.50. The standard InChI is InChI=1S/C10H13N3O/c1-7(14)6-13-10-3-2-9(11)4-8(10)5-12-13/h2-5,7,14H,6,11H2,1H3. The molecule has 0 saturated carbocycles. The van der Waals surface area contributed by atoms with Crippen LogP contribution < -0.4 is 5.73 Å². The molecule has 0 saturated heterocycles. The van der Waals surface area contributed by atoms with E-state index in [0.29, 0.717) is 6.54 Å². The summed E-state index contributed by atoms with van der Waals surface area (Å²) in [6.07, 6.45) is 1.37. The molecule has 4 nitrogen and oxygen atoms in total. The van der Waals surface area contributed by atoms with Crippen LogP contribution in [0.1, 0.15) is 6.92 Å². The van der Waals surface area contributed by atoms with Crippen molar-refractivity contribution in [1.82, 2.24) is 9.78 Å². The summed E-state index contributed by atoms with van der Waals surface area (Å²) in [4.78, 5) is 0. The highest BCUT2D eigenvalue weighted by Crippen LogP contribution is 2.16. The van der Waals surface area contributed by atoms with Gasteiger partial charge in [0, 0.05) is 11.1 Å². The molecule has 0 aliphatic heterocycles. The van der Waals surface area contributed by atoms with Crippen molar-refractivity contribution in [3.63, 3.8) is 0 Å². The minimum absolute atomic E-state index is 0.393. The molecule has 4 heteroatoms. The zero-order valence-corrected chi connectivity index (χ0v) is 8.01. The SMILES string of the molecule is CC(O)Cn1ncc2cc(N)ccc21. The average Bonchev–Trinajstić information content (AvgIpc) is 2.47. The summed E-state index contributed by atoms with van der Waals surface area (Å²) in [5.41, 5.74) is 7.38. The Morgan fingerprint density at radius 2 is 2.36 bits per heavy atom. The van der Waals surface area contributed by atoms with E-state index in [9.17, 15) is 5.11 Å². The quantitative estimate of drug-likeness (QED) is 0.696. The van der Waals surface area contributed by atoms with Crippen molar-refractivity contribution < 1.29 is 5.11 Å². The van der Waals surface area contributed by atoms with Crippen LogP contribution in [0.25, 0.3) is 10.9 Å². The van der Waals surface area contributed by atoms with Crippen molar-refractivity contribution >= 4 is 16.6 Å². The normalized spacial score (nSPS) is 13.3. The maximum absolute atomic E-state index is 9.25. The number of aliphatic hydroxyl groups is 1. The molecule has 0 spiro atoms. The van der Waals surface area contributed by atoms with E-state index in [4.69, 9.17) is 5.73 Å². The van der Waals surface area contributed by atoms with Gasteiger partial charge in [-0.1, -0.05) is 0 Å². The van der Waals surface area contributed by atoms with Crippen LogP contribution in [0.4, 0.5) is 5.69 Å². The number of aromatic nitrogens is 2. The first kappa shape index (κ1) is 9.02. The first-order valence-corrected chi connectivity index (χ1v) is 4.56. The maximum atomic E-state index is 9.25. The second kappa shape index (κ2) is 3.31. The minimum atomic E-state index is -0.393. The van der Waals surface area contributed by atoms with E-state index in [1.165, 1.54) is 0 Å². The van der Waals surface area contributed by atoms with Crippen LogP contribution in [-0.2, 0) is 6.54 Å². The van der Waals surface area contributed by atoms with Gasteiger partial charge >= 0.3 is 0 Å². The van der Waals surface area contributed by atoms with Crippen LogP contribution >= 0.6 is 0 Å². The Morgan fingerprint density at radius 3 is 3.07 bits per heavy atom. The number of hydrogen-bond donors (Lipinski definition) is 2. The molecule has 1 aromatic heterocycles. The van der Waals surface area contributed by atoms with Crippen LogP contribution in [0.15, 0.2) is 24.4 Å². The number of fused-ring (bicyclic) bond motifs is 1. The molecule has 1 heterocycles. The van der Waals surface area contributed by atoms with Crippen molar-refractivity contribution in [3.05, 3.63) is 24.4 Å². The third-order valence-electron chi connectivity index (χ3n) is 2.10. The van der Waals surface area contributed by atoms with Gasteiger partial charge in [0.05, 0.1) is 24.4 Å². The lowest BCUT2D eigenvalue weighted by atomic mass is 10.2. The smallest absolute Gasteiger partial charge is 0.0708 e. The number of nitrogen functional groups attached to an aromatic ring is 1. The second-order valence-corrected chi connectivity index (χ2v) is 3.49. The van der Waals surface area contributed by atoms with E-state index in [1.54, 1.807) is 17.8 Å². The Kier molecular flexibility index (Phi) is 2.13. The third kappa shape index (κ3) is 1.56. The number of hydrogen-bond acceptors (Lipinski definition) is 3. The van der Waals surface area contributed by atoms with Gasteiger partial charge in [-0.25, -0.2) is 0 Å². The van der Waals surface area contributed by atoms with Crippen LogP contribution in [0, 0.1) is 0 Å². The van der Waals surface area contributed by atoms with Crippen LogP contribution in [-0.4, -0.2) is 21.0 Å². The highest BCUT2D eigenvalue weighted by atomic mass is 16.3. The van der Waals surface area contributed by atoms with E-state index < -0.39 is 6.10 Å². The summed E-state index contributed by atoms with van der Waals surface area (Å²) in [5, 5.41) is 14.4. The van der Waals surface area contributed by atoms with Crippen molar-refractivity contribution in [2.45, 2.75) is 19.6 Å². The Hall–Kier alpha value is -1.55. The van der Waals surface area contributed by atoms with Crippen molar-refractivity contribution in [3.8, 4) is 0 Å². The topological polar surface area (TPSA) is 64.1 Å². The molecule has 1 atom stereocenters. The highest BCUT2D eigenvalue weighted by Gasteiger charge is 2.04. The minimum Gasteiger partial charge on any atom is -0.399 e. The number of aliphatic hydroxyl groups excluding tert-OH is 1. The Bertz CT molecular complexity index is 448. The van der Waals surface area contributed by atoms with E-state index >= 15 is 0 Å². The zero-order valence-electron chi connectivity index (χ0n) is 8.01. The predicted octanol–water partition coefficient (Wildman–Crippen LogP) is 0.999. The monoisotopic (exact) mass is 191 g/mol. The molecule has 0 aliphatic carbocycles. The molecule has 0 amide bonds. The average molecular weight is 191 g/mol. The van der Waals surface area contributed by atoms with Gasteiger partial charge in [-0.15, -0.1) is 0 Å². The predicted molar refractivity (Wildman–Crippen MR) is 55.8 cm³/mol. The largest absolute Gasteiger partial charge is 0.399 e. The van der Waals surface area contributed by atoms with Crippen LogP contribution in [0.5, 0.6) is 0 Å². The fourth-order valence-corrected chi connectivity index (χ4v) is 1.50. The Morgan fingerprint density at radius 1 is 1.57 bits per heavy atom. The van der Waals surface area contributed by atoms with Gasteiger partial charge in [0.25, 0.3) is 0 Å². The highest BCUT2D eigenvalue weighted by molar-refractivity contribution is 5.81. The summed E-state index contributed by atoms with van der Waals surface area (Å²) < 4.78 is 1.78. The van der Waals surface area contributed by atoms with E-state index in [0.717, 1.165) is 16.6 Å². The molecule has 0 aliphatic rings. The molecule has 74 valence electrons. The lowest BCUT2D eigenvalue weighted by Crippen LogP contribution is -2.12. The van der Waals surface area contributed by atoms with Crippen molar-refractivity contribution in [2.75, 3.05) is 5.73 Å². The molecule has 14 heavy (non-hydrogen) atoms. The number of anilines is 1. The molecule has 2 rings (SSSR count). The summed E-state index contributed by atoms with van der Waals surface area (Å²) in [6.45, 7) is 2.25. The van der Waals surface area contributed by atoms with Gasteiger partial charge in [-0.3, -0.25) is 4.68 Å². The van der Waals surface area contributed by atoms with E-state index in [1.807, 2.05) is 18.2 Å². The number of benzene rings is 1. The zero-order chi connectivity index (χ0) is 10.1. The number of nitrogens with zero attached hydrogens (tertiary/aromatic N) is 2. The van der Waals surface area contributed by atoms with Gasteiger partial charge in [-0.2, -0.15) is 5.10 Å². The first-order chi connectivity index (χ1) is 6.66. The molecule has 0 radical (unpaired) electrons. The van der Waals surface area contributed by atoms with Crippen molar-refractivity contribution in [1.29, 1.82) is 0 Å². The van der Waals surface area contributed by atoms with E-state index in [2.05, 4.69) is 5.10 Å². The van der Waals surface area contributed by atoms with Gasteiger partial charge in [0.2, 0.25) is 0 Å². The summed E-state index contributed by atoms with van der Waals surface area (Å²) in [7, 11) is 0. The Labute approximate surface area is 81.9 Å².